The van der Waals surface area contributed by atoms with Crippen molar-refractivity contribution in [1.29, 1.82) is 0 Å². The van der Waals surface area contributed by atoms with Crippen molar-refractivity contribution in [2.75, 3.05) is 5.32 Å². The number of anilines is 1. The minimum atomic E-state index is -0.131. The molecule has 0 aliphatic rings. The Labute approximate surface area is 172 Å². The first-order valence-electron chi connectivity index (χ1n) is 9.64. The van der Waals surface area contributed by atoms with Crippen LogP contribution in [0.1, 0.15) is 59.3 Å². The molecule has 0 amide bonds. The van der Waals surface area contributed by atoms with E-state index >= 15 is 0 Å². The van der Waals surface area contributed by atoms with Crippen molar-refractivity contribution >= 4 is 23.1 Å². The smallest absolute Gasteiger partial charge is 0.165 e. The van der Waals surface area contributed by atoms with E-state index in [1.165, 1.54) is 5.56 Å². The van der Waals surface area contributed by atoms with Crippen LogP contribution in [-0.4, -0.2) is 5.78 Å². The van der Waals surface area contributed by atoms with Gasteiger partial charge in [-0.2, -0.15) is 0 Å². The second-order valence-corrected chi connectivity index (χ2v) is 7.96. The van der Waals surface area contributed by atoms with Crippen LogP contribution in [0, 0.1) is 6.92 Å². The van der Waals surface area contributed by atoms with E-state index in [1.54, 1.807) is 0 Å². The van der Waals surface area contributed by atoms with Gasteiger partial charge in [-0.3, -0.25) is 4.79 Å². The lowest BCUT2D eigenvalue weighted by atomic mass is 9.94. The lowest BCUT2D eigenvalue weighted by molar-refractivity contribution is 0.0976. The van der Waals surface area contributed by atoms with Crippen LogP contribution in [0.15, 0.2) is 72.8 Å². The van der Waals surface area contributed by atoms with Gasteiger partial charge in [0.15, 0.2) is 5.78 Å². The second-order valence-electron chi connectivity index (χ2n) is 7.52. The number of ketones is 1. The molecule has 0 aliphatic carbocycles. The molecule has 0 bridgehead atoms. The first kappa shape index (κ1) is 20.2. The number of aryl methyl sites for hydroxylation is 1. The molecule has 0 radical (unpaired) electrons. The van der Waals surface area contributed by atoms with Crippen LogP contribution in [0.2, 0.25) is 5.02 Å². The highest BCUT2D eigenvalue weighted by atomic mass is 35.5. The van der Waals surface area contributed by atoms with Crippen molar-refractivity contribution < 1.29 is 4.79 Å². The molecular weight excluding hydrogens is 366 g/mol. The van der Waals surface area contributed by atoms with Gasteiger partial charge in [0.1, 0.15) is 0 Å². The van der Waals surface area contributed by atoms with Gasteiger partial charge in [0.2, 0.25) is 0 Å². The number of nitrogens with one attached hydrogen (secondary N) is 1. The summed E-state index contributed by atoms with van der Waals surface area (Å²) in [6.07, 6.45) is 0.372. The maximum Gasteiger partial charge on any atom is 0.165 e. The average molecular weight is 392 g/mol. The SMILES string of the molecule is Cc1ccc(C(=O)CC(Nc2cccc(Cl)c2)c2ccc(C(C)C)cc2)cc1. The molecule has 1 unspecified atom stereocenters. The Morgan fingerprint density at radius 2 is 1.57 bits per heavy atom. The summed E-state index contributed by atoms with van der Waals surface area (Å²) < 4.78 is 0. The summed E-state index contributed by atoms with van der Waals surface area (Å²) in [4.78, 5) is 12.9. The van der Waals surface area contributed by atoms with Gasteiger partial charge in [0.25, 0.3) is 0 Å². The first-order chi connectivity index (χ1) is 13.4. The van der Waals surface area contributed by atoms with Crippen molar-refractivity contribution in [3.05, 3.63) is 100 Å². The molecule has 1 atom stereocenters. The maximum absolute atomic E-state index is 12.9. The quantitative estimate of drug-likeness (QED) is 0.431. The molecule has 0 aliphatic heterocycles. The average Bonchev–Trinajstić information content (AvgIpc) is 2.68. The van der Waals surface area contributed by atoms with E-state index < -0.39 is 0 Å². The molecule has 0 saturated heterocycles. The molecule has 3 aromatic rings. The van der Waals surface area contributed by atoms with Crippen LogP contribution in [0.25, 0.3) is 0 Å². The molecule has 28 heavy (non-hydrogen) atoms. The number of carbonyl (C=O) groups is 1. The van der Waals surface area contributed by atoms with Crippen molar-refractivity contribution in [2.24, 2.45) is 0 Å². The minimum Gasteiger partial charge on any atom is -0.378 e. The molecule has 144 valence electrons. The monoisotopic (exact) mass is 391 g/mol. The molecule has 1 N–H and O–H groups in total. The summed E-state index contributed by atoms with van der Waals surface area (Å²) in [7, 11) is 0. The van der Waals surface area contributed by atoms with Gasteiger partial charge in [0.05, 0.1) is 6.04 Å². The molecule has 0 heterocycles. The number of benzene rings is 3. The third-order valence-electron chi connectivity index (χ3n) is 4.93. The van der Waals surface area contributed by atoms with Crippen LogP contribution >= 0.6 is 11.6 Å². The summed E-state index contributed by atoms with van der Waals surface area (Å²) >= 11 is 6.14. The van der Waals surface area contributed by atoms with Crippen LogP contribution < -0.4 is 5.32 Å². The predicted molar refractivity (Wildman–Crippen MR) is 118 cm³/mol. The van der Waals surface area contributed by atoms with Crippen molar-refractivity contribution in [3.8, 4) is 0 Å². The summed E-state index contributed by atoms with van der Waals surface area (Å²) in [5, 5.41) is 4.16. The third kappa shape index (κ3) is 5.24. The largest absolute Gasteiger partial charge is 0.378 e. The standard InChI is InChI=1S/C25H26ClNO/c1-17(2)19-11-13-20(14-12-19)24(27-23-6-4-5-22(26)15-23)16-25(28)21-9-7-18(3)8-10-21/h4-15,17,24,27H,16H2,1-3H3. The van der Waals surface area contributed by atoms with Crippen LogP contribution in [0.5, 0.6) is 0 Å². The number of rotatable bonds is 7. The molecule has 3 rings (SSSR count). The van der Waals surface area contributed by atoms with Gasteiger partial charge in [-0.05, 0) is 42.2 Å². The zero-order chi connectivity index (χ0) is 20.1. The predicted octanol–water partition coefficient (Wildman–Crippen LogP) is 7.20. The Hall–Kier alpha value is -2.58. The molecule has 0 saturated carbocycles. The van der Waals surface area contributed by atoms with Gasteiger partial charge in [0, 0.05) is 22.7 Å². The summed E-state index contributed by atoms with van der Waals surface area (Å²) in [5.41, 5.74) is 5.17. The van der Waals surface area contributed by atoms with E-state index in [1.807, 2.05) is 55.5 Å². The topological polar surface area (TPSA) is 29.1 Å². The zero-order valence-corrected chi connectivity index (χ0v) is 17.3. The molecular formula is C25H26ClNO. The van der Waals surface area contributed by atoms with Crippen LogP contribution in [-0.2, 0) is 0 Å². The molecule has 3 aromatic carbocycles. The summed E-state index contributed by atoms with van der Waals surface area (Å²) in [5.74, 6) is 0.593. The number of halogens is 1. The van der Waals surface area contributed by atoms with Crippen LogP contribution in [0.4, 0.5) is 5.69 Å². The van der Waals surface area contributed by atoms with E-state index in [0.717, 1.165) is 22.4 Å². The number of Topliss-reactive ketones (excluding diaryl/α,β-unsaturated/α-hetero) is 1. The highest BCUT2D eigenvalue weighted by Gasteiger charge is 2.18. The van der Waals surface area contributed by atoms with Crippen LogP contribution in [0.3, 0.4) is 0 Å². The lowest BCUT2D eigenvalue weighted by Crippen LogP contribution is -2.16. The Kier molecular flexibility index (Phi) is 6.53. The van der Waals surface area contributed by atoms with Gasteiger partial charge in [-0.15, -0.1) is 0 Å². The maximum atomic E-state index is 12.9. The number of hydrogen-bond donors (Lipinski definition) is 1. The Morgan fingerprint density at radius 1 is 0.929 bits per heavy atom. The van der Waals surface area contributed by atoms with Crippen molar-refractivity contribution in [1.82, 2.24) is 0 Å². The van der Waals surface area contributed by atoms with Gasteiger partial charge >= 0.3 is 0 Å². The third-order valence-corrected chi connectivity index (χ3v) is 5.17. The van der Waals surface area contributed by atoms with Gasteiger partial charge < -0.3 is 5.32 Å². The fourth-order valence-electron chi connectivity index (χ4n) is 3.19. The second kappa shape index (κ2) is 9.07. The fourth-order valence-corrected chi connectivity index (χ4v) is 3.38. The number of hydrogen-bond acceptors (Lipinski definition) is 2. The molecule has 2 nitrogen and oxygen atoms in total. The highest BCUT2D eigenvalue weighted by molar-refractivity contribution is 6.30. The van der Waals surface area contributed by atoms with Crippen molar-refractivity contribution in [2.45, 2.75) is 39.2 Å². The lowest BCUT2D eigenvalue weighted by Gasteiger charge is -2.21. The minimum absolute atomic E-state index is 0.118. The number of carbonyl (C=O) groups excluding carboxylic acids is 1. The van der Waals surface area contributed by atoms with E-state index in [0.29, 0.717) is 17.4 Å². The molecule has 0 fully saturated rings. The van der Waals surface area contributed by atoms with Crippen molar-refractivity contribution in [3.63, 3.8) is 0 Å². The van der Waals surface area contributed by atoms with Gasteiger partial charge in [-0.1, -0.05) is 85.6 Å². The van der Waals surface area contributed by atoms with Gasteiger partial charge in [-0.25, -0.2) is 0 Å². The fraction of sp³-hybridized carbons (Fsp3) is 0.240. The summed E-state index contributed by atoms with van der Waals surface area (Å²) in [6.45, 7) is 6.38. The van der Waals surface area contributed by atoms with E-state index in [4.69, 9.17) is 11.6 Å². The Morgan fingerprint density at radius 3 is 2.18 bits per heavy atom. The molecule has 0 spiro atoms. The summed E-state index contributed by atoms with van der Waals surface area (Å²) in [6, 6.07) is 23.7. The first-order valence-corrected chi connectivity index (χ1v) is 10.0. The highest BCUT2D eigenvalue weighted by Crippen LogP contribution is 2.27. The normalized spacial score (nSPS) is 12.0. The Balaban J connectivity index is 1.86. The Bertz CT molecular complexity index is 930. The molecule has 0 aromatic heterocycles. The zero-order valence-electron chi connectivity index (χ0n) is 16.6. The van der Waals surface area contributed by atoms with E-state index in [9.17, 15) is 4.79 Å². The molecule has 3 heteroatoms. The van der Waals surface area contributed by atoms with E-state index in [-0.39, 0.29) is 11.8 Å². The van der Waals surface area contributed by atoms with E-state index in [2.05, 4.69) is 43.4 Å².